The Balaban J connectivity index is 1.69. The van der Waals surface area contributed by atoms with E-state index in [4.69, 9.17) is 4.42 Å². The second-order valence-electron chi connectivity index (χ2n) is 5.38. The summed E-state index contributed by atoms with van der Waals surface area (Å²) in [5, 5.41) is 12.4. The lowest BCUT2D eigenvalue weighted by Crippen LogP contribution is -2.22. The summed E-state index contributed by atoms with van der Waals surface area (Å²) in [4.78, 5) is 2.15. The highest BCUT2D eigenvalue weighted by molar-refractivity contribution is 5.30. The quantitative estimate of drug-likeness (QED) is 0.724. The van der Waals surface area contributed by atoms with E-state index in [9.17, 15) is 0 Å². The van der Waals surface area contributed by atoms with Gasteiger partial charge in [0.2, 0.25) is 11.8 Å². The van der Waals surface area contributed by atoms with Gasteiger partial charge in [-0.25, -0.2) is 4.68 Å². The molecule has 2 aromatic heterocycles. The van der Waals surface area contributed by atoms with Crippen molar-refractivity contribution in [1.82, 2.24) is 24.9 Å². The molecule has 3 rings (SSSR count). The van der Waals surface area contributed by atoms with Gasteiger partial charge in [-0.2, -0.15) is 5.10 Å². The van der Waals surface area contributed by atoms with Crippen LogP contribution in [0.15, 0.2) is 47.1 Å². The number of hydrogen-bond donors (Lipinski definition) is 0. The van der Waals surface area contributed by atoms with Crippen molar-refractivity contribution in [3.8, 4) is 5.69 Å². The van der Waals surface area contributed by atoms with Crippen LogP contribution in [0.25, 0.3) is 5.69 Å². The number of benzene rings is 1. The molecule has 22 heavy (non-hydrogen) atoms. The summed E-state index contributed by atoms with van der Waals surface area (Å²) in [6.45, 7) is 4.61. The van der Waals surface area contributed by atoms with Crippen molar-refractivity contribution in [1.29, 1.82) is 0 Å². The molecule has 0 saturated heterocycles. The molecule has 0 bridgehead atoms. The minimum atomic E-state index is 0.0567. The topological polar surface area (TPSA) is 60.0 Å². The largest absolute Gasteiger partial charge is 0.424 e. The minimum Gasteiger partial charge on any atom is -0.424 e. The van der Waals surface area contributed by atoms with Crippen molar-refractivity contribution in [2.45, 2.75) is 26.4 Å². The molecule has 6 heteroatoms. The molecule has 0 radical (unpaired) electrons. The van der Waals surface area contributed by atoms with Crippen LogP contribution in [0.5, 0.6) is 0 Å². The van der Waals surface area contributed by atoms with Crippen LogP contribution in [-0.2, 0) is 6.54 Å². The van der Waals surface area contributed by atoms with E-state index in [0.717, 1.165) is 17.8 Å². The van der Waals surface area contributed by atoms with Crippen molar-refractivity contribution in [2.75, 3.05) is 7.05 Å². The van der Waals surface area contributed by atoms with E-state index in [1.165, 1.54) is 0 Å². The first-order valence-electron chi connectivity index (χ1n) is 7.22. The lowest BCUT2D eigenvalue weighted by Gasteiger charge is -2.20. The van der Waals surface area contributed by atoms with Crippen LogP contribution >= 0.6 is 0 Å². The van der Waals surface area contributed by atoms with E-state index < -0.39 is 0 Å². The van der Waals surface area contributed by atoms with Crippen molar-refractivity contribution in [2.24, 2.45) is 0 Å². The summed E-state index contributed by atoms with van der Waals surface area (Å²) in [5.74, 6) is 1.22. The number of para-hydroxylation sites is 1. The summed E-state index contributed by atoms with van der Waals surface area (Å²) in [6.07, 6.45) is 3.92. The third-order valence-electron chi connectivity index (χ3n) is 3.65. The average Bonchev–Trinajstić information content (AvgIpc) is 3.16. The average molecular weight is 297 g/mol. The van der Waals surface area contributed by atoms with Gasteiger partial charge in [-0.15, -0.1) is 10.2 Å². The van der Waals surface area contributed by atoms with Crippen molar-refractivity contribution in [3.63, 3.8) is 0 Å². The van der Waals surface area contributed by atoms with Gasteiger partial charge in [0, 0.05) is 25.2 Å². The molecule has 0 aliphatic carbocycles. The monoisotopic (exact) mass is 297 g/mol. The van der Waals surface area contributed by atoms with Crippen LogP contribution in [0.2, 0.25) is 0 Å². The van der Waals surface area contributed by atoms with Crippen molar-refractivity contribution in [3.05, 3.63) is 60.1 Å². The Hall–Kier alpha value is -2.47. The van der Waals surface area contributed by atoms with Gasteiger partial charge in [0.1, 0.15) is 0 Å². The fraction of sp³-hybridized carbons (Fsp3) is 0.312. The van der Waals surface area contributed by atoms with Gasteiger partial charge in [-0.3, -0.25) is 4.90 Å². The molecule has 1 aromatic carbocycles. The summed E-state index contributed by atoms with van der Waals surface area (Å²) < 4.78 is 7.37. The van der Waals surface area contributed by atoms with Crippen LogP contribution < -0.4 is 0 Å². The predicted molar refractivity (Wildman–Crippen MR) is 82.5 cm³/mol. The van der Waals surface area contributed by atoms with Gasteiger partial charge < -0.3 is 4.42 Å². The van der Waals surface area contributed by atoms with E-state index >= 15 is 0 Å². The SMILES string of the molecule is Cc1nnc(C(C)N(C)Cc2cnn(-c3ccccc3)c2)o1. The van der Waals surface area contributed by atoms with Gasteiger partial charge in [0.25, 0.3) is 0 Å². The second kappa shape index (κ2) is 6.11. The van der Waals surface area contributed by atoms with Gasteiger partial charge in [0.05, 0.1) is 17.9 Å². The first-order valence-corrected chi connectivity index (χ1v) is 7.22. The highest BCUT2D eigenvalue weighted by atomic mass is 16.4. The molecule has 0 aliphatic heterocycles. The van der Waals surface area contributed by atoms with E-state index in [1.54, 1.807) is 6.92 Å². The third-order valence-corrected chi connectivity index (χ3v) is 3.65. The number of hydrogen-bond acceptors (Lipinski definition) is 5. The molecule has 0 N–H and O–H groups in total. The molecule has 0 fully saturated rings. The summed E-state index contributed by atoms with van der Waals surface area (Å²) >= 11 is 0. The fourth-order valence-electron chi connectivity index (χ4n) is 2.26. The Morgan fingerprint density at radius 3 is 2.68 bits per heavy atom. The van der Waals surface area contributed by atoms with Gasteiger partial charge >= 0.3 is 0 Å². The zero-order chi connectivity index (χ0) is 15.5. The van der Waals surface area contributed by atoms with E-state index in [2.05, 4.69) is 27.1 Å². The summed E-state index contributed by atoms with van der Waals surface area (Å²) in [7, 11) is 2.03. The molecule has 0 saturated carbocycles. The van der Waals surface area contributed by atoms with Gasteiger partial charge in [0.15, 0.2) is 0 Å². The van der Waals surface area contributed by atoms with Crippen LogP contribution in [0.4, 0.5) is 0 Å². The van der Waals surface area contributed by atoms with Crippen LogP contribution in [-0.4, -0.2) is 31.9 Å². The molecule has 114 valence electrons. The Morgan fingerprint density at radius 1 is 1.23 bits per heavy atom. The van der Waals surface area contributed by atoms with E-state index in [-0.39, 0.29) is 6.04 Å². The molecule has 0 spiro atoms. The molecule has 2 heterocycles. The Bertz CT molecular complexity index is 734. The normalized spacial score (nSPS) is 12.7. The van der Waals surface area contributed by atoms with Crippen LogP contribution in [0.3, 0.4) is 0 Å². The molecular formula is C16H19N5O. The van der Waals surface area contributed by atoms with Crippen molar-refractivity contribution >= 4 is 0 Å². The van der Waals surface area contributed by atoms with Crippen LogP contribution in [0, 0.1) is 6.92 Å². The molecule has 1 atom stereocenters. The lowest BCUT2D eigenvalue weighted by molar-refractivity contribution is 0.215. The third kappa shape index (κ3) is 3.07. The zero-order valence-electron chi connectivity index (χ0n) is 13.0. The van der Waals surface area contributed by atoms with Gasteiger partial charge in [-0.1, -0.05) is 18.2 Å². The Morgan fingerprint density at radius 2 is 2.00 bits per heavy atom. The highest BCUT2D eigenvalue weighted by Gasteiger charge is 2.18. The molecular weight excluding hydrogens is 278 g/mol. The van der Waals surface area contributed by atoms with E-state index in [1.807, 2.05) is 54.5 Å². The standard InChI is InChI=1S/C16H19N5O/c1-12(16-19-18-13(2)22-16)20(3)10-14-9-17-21(11-14)15-7-5-4-6-8-15/h4-9,11-12H,10H2,1-3H3. The first kappa shape index (κ1) is 14.5. The van der Waals surface area contributed by atoms with E-state index in [0.29, 0.717) is 11.8 Å². The molecule has 1 unspecified atom stereocenters. The predicted octanol–water partition coefficient (Wildman–Crippen LogP) is 2.76. The Labute approximate surface area is 129 Å². The fourth-order valence-corrected chi connectivity index (χ4v) is 2.26. The molecule has 0 amide bonds. The summed E-state index contributed by atoms with van der Waals surface area (Å²) in [6, 6.07) is 10.1. The molecule has 0 aliphatic rings. The molecule has 3 aromatic rings. The maximum Gasteiger partial charge on any atom is 0.233 e. The zero-order valence-corrected chi connectivity index (χ0v) is 13.0. The van der Waals surface area contributed by atoms with Crippen molar-refractivity contribution < 1.29 is 4.42 Å². The second-order valence-corrected chi connectivity index (χ2v) is 5.38. The van der Waals surface area contributed by atoms with Gasteiger partial charge in [-0.05, 0) is 26.1 Å². The first-order chi connectivity index (χ1) is 10.6. The molecule has 6 nitrogen and oxygen atoms in total. The smallest absolute Gasteiger partial charge is 0.233 e. The number of aryl methyl sites for hydroxylation is 1. The number of nitrogens with zero attached hydrogens (tertiary/aromatic N) is 5. The maximum atomic E-state index is 5.49. The van der Waals surface area contributed by atoms with Crippen LogP contribution in [0.1, 0.15) is 30.3 Å². The highest BCUT2D eigenvalue weighted by Crippen LogP contribution is 2.19. The lowest BCUT2D eigenvalue weighted by atomic mass is 10.2. The minimum absolute atomic E-state index is 0.0567. The summed E-state index contributed by atoms with van der Waals surface area (Å²) in [5.41, 5.74) is 2.19. The number of aromatic nitrogens is 4. The number of rotatable bonds is 5. The Kier molecular flexibility index (Phi) is 4.02. The maximum absolute atomic E-state index is 5.49.